The zero-order valence-electron chi connectivity index (χ0n) is 9.71. The first-order valence-electron chi connectivity index (χ1n) is 6.24. The molecule has 1 aromatic carbocycles. The third kappa shape index (κ3) is 2.06. The highest BCUT2D eigenvalue weighted by atomic mass is 19.1. The summed E-state index contributed by atoms with van der Waals surface area (Å²) < 4.78 is 13.4. The molecule has 2 aliphatic rings. The molecular weight excluding hydrogens is 217 g/mol. The predicted octanol–water partition coefficient (Wildman–Crippen LogP) is 2.75. The van der Waals surface area contributed by atoms with Crippen molar-refractivity contribution in [3.63, 3.8) is 0 Å². The maximum Gasteiger partial charge on any atom is 0.254 e. The SMILES string of the molecule is O=C(NCC1(C2CC2)CC1)c1ccccc1F. The van der Waals surface area contributed by atoms with Crippen LogP contribution in [0.15, 0.2) is 24.3 Å². The highest BCUT2D eigenvalue weighted by molar-refractivity contribution is 5.94. The monoisotopic (exact) mass is 233 g/mol. The van der Waals surface area contributed by atoms with Crippen LogP contribution < -0.4 is 5.32 Å². The molecule has 90 valence electrons. The van der Waals surface area contributed by atoms with Crippen LogP contribution in [0.4, 0.5) is 4.39 Å². The van der Waals surface area contributed by atoms with Crippen molar-refractivity contribution >= 4 is 5.91 Å². The van der Waals surface area contributed by atoms with Crippen molar-refractivity contribution < 1.29 is 9.18 Å². The fraction of sp³-hybridized carbons (Fsp3) is 0.500. The Morgan fingerprint density at radius 3 is 2.65 bits per heavy atom. The lowest BCUT2D eigenvalue weighted by atomic mass is 10.0. The molecule has 1 amide bonds. The number of hydrogen-bond donors (Lipinski definition) is 1. The Balaban J connectivity index is 1.62. The summed E-state index contributed by atoms with van der Waals surface area (Å²) in [5, 5.41) is 2.88. The lowest BCUT2D eigenvalue weighted by Gasteiger charge is -2.15. The van der Waals surface area contributed by atoms with Gasteiger partial charge in [0.05, 0.1) is 5.56 Å². The molecule has 0 heterocycles. The molecular formula is C14H16FNO. The van der Waals surface area contributed by atoms with Gasteiger partial charge in [-0.1, -0.05) is 12.1 Å². The highest BCUT2D eigenvalue weighted by Crippen LogP contribution is 2.60. The quantitative estimate of drug-likeness (QED) is 0.851. The van der Waals surface area contributed by atoms with E-state index in [2.05, 4.69) is 5.32 Å². The fourth-order valence-corrected chi connectivity index (χ4v) is 2.58. The Kier molecular flexibility index (Phi) is 2.42. The van der Waals surface area contributed by atoms with E-state index in [-0.39, 0.29) is 11.5 Å². The van der Waals surface area contributed by atoms with E-state index >= 15 is 0 Å². The summed E-state index contributed by atoms with van der Waals surface area (Å²) in [5.74, 6) is 0.0831. The van der Waals surface area contributed by atoms with Crippen molar-refractivity contribution in [2.45, 2.75) is 25.7 Å². The number of benzene rings is 1. The fourth-order valence-electron chi connectivity index (χ4n) is 2.58. The minimum absolute atomic E-state index is 0.152. The van der Waals surface area contributed by atoms with Gasteiger partial charge in [-0.05, 0) is 49.1 Å². The average Bonchev–Trinajstić information content (AvgIpc) is 3.17. The second kappa shape index (κ2) is 3.83. The van der Waals surface area contributed by atoms with Crippen molar-refractivity contribution in [1.82, 2.24) is 5.32 Å². The van der Waals surface area contributed by atoms with Crippen molar-refractivity contribution in [3.8, 4) is 0 Å². The first-order valence-corrected chi connectivity index (χ1v) is 6.24. The lowest BCUT2D eigenvalue weighted by molar-refractivity contribution is 0.0938. The second-order valence-corrected chi connectivity index (χ2v) is 5.30. The highest BCUT2D eigenvalue weighted by Gasteiger charge is 2.53. The number of hydrogen-bond acceptors (Lipinski definition) is 1. The molecule has 2 fully saturated rings. The Bertz CT molecular complexity index is 449. The molecule has 0 atom stereocenters. The van der Waals surface area contributed by atoms with Gasteiger partial charge in [-0.3, -0.25) is 4.79 Å². The first-order chi connectivity index (χ1) is 8.21. The van der Waals surface area contributed by atoms with Crippen molar-refractivity contribution in [2.24, 2.45) is 11.3 Å². The van der Waals surface area contributed by atoms with Crippen LogP contribution in [-0.4, -0.2) is 12.5 Å². The third-order valence-electron chi connectivity index (χ3n) is 4.06. The van der Waals surface area contributed by atoms with Gasteiger partial charge in [0.15, 0.2) is 0 Å². The Hall–Kier alpha value is -1.38. The molecule has 0 saturated heterocycles. The second-order valence-electron chi connectivity index (χ2n) is 5.30. The molecule has 3 rings (SSSR count). The first kappa shape index (κ1) is 10.8. The van der Waals surface area contributed by atoms with Gasteiger partial charge in [0, 0.05) is 6.54 Å². The average molecular weight is 233 g/mol. The van der Waals surface area contributed by atoms with Crippen LogP contribution in [0, 0.1) is 17.2 Å². The van der Waals surface area contributed by atoms with Crippen LogP contribution in [0.25, 0.3) is 0 Å². The number of carbonyl (C=O) groups excluding carboxylic acids is 1. The molecule has 1 N–H and O–H groups in total. The number of halogens is 1. The maximum absolute atomic E-state index is 13.4. The summed E-state index contributed by atoms with van der Waals surface area (Å²) in [4.78, 5) is 11.8. The van der Waals surface area contributed by atoms with Crippen molar-refractivity contribution in [2.75, 3.05) is 6.54 Å². The number of nitrogens with one attached hydrogen (secondary N) is 1. The van der Waals surface area contributed by atoms with Crippen LogP contribution in [-0.2, 0) is 0 Å². The molecule has 0 spiro atoms. The maximum atomic E-state index is 13.4. The number of amides is 1. The van der Waals surface area contributed by atoms with Gasteiger partial charge in [-0.15, -0.1) is 0 Å². The van der Waals surface area contributed by atoms with E-state index in [0.717, 1.165) is 5.92 Å². The van der Waals surface area contributed by atoms with Crippen molar-refractivity contribution in [3.05, 3.63) is 35.6 Å². The van der Waals surface area contributed by atoms with Gasteiger partial charge in [0.2, 0.25) is 0 Å². The molecule has 2 nitrogen and oxygen atoms in total. The van der Waals surface area contributed by atoms with Gasteiger partial charge >= 0.3 is 0 Å². The van der Waals surface area contributed by atoms with Crippen LogP contribution >= 0.6 is 0 Å². The smallest absolute Gasteiger partial charge is 0.254 e. The minimum Gasteiger partial charge on any atom is -0.351 e. The number of rotatable bonds is 4. The van der Waals surface area contributed by atoms with E-state index in [0.29, 0.717) is 12.0 Å². The van der Waals surface area contributed by atoms with Crippen LogP contribution in [0.2, 0.25) is 0 Å². The minimum atomic E-state index is -0.443. The van der Waals surface area contributed by atoms with Crippen LogP contribution in [0.1, 0.15) is 36.0 Å². The van der Waals surface area contributed by atoms with Crippen LogP contribution in [0.5, 0.6) is 0 Å². The Morgan fingerprint density at radius 2 is 2.06 bits per heavy atom. The summed E-state index contributed by atoms with van der Waals surface area (Å²) >= 11 is 0. The van der Waals surface area contributed by atoms with Gasteiger partial charge in [-0.2, -0.15) is 0 Å². The Morgan fingerprint density at radius 1 is 1.35 bits per heavy atom. The van der Waals surface area contributed by atoms with E-state index in [1.807, 2.05) is 0 Å². The van der Waals surface area contributed by atoms with E-state index in [1.54, 1.807) is 12.1 Å². The molecule has 1 aromatic rings. The van der Waals surface area contributed by atoms with E-state index in [4.69, 9.17) is 0 Å². The van der Waals surface area contributed by atoms with Gasteiger partial charge in [0.25, 0.3) is 5.91 Å². The summed E-state index contributed by atoms with van der Waals surface area (Å²) in [6, 6.07) is 6.13. The van der Waals surface area contributed by atoms with E-state index in [9.17, 15) is 9.18 Å². The summed E-state index contributed by atoms with van der Waals surface area (Å²) in [5.41, 5.74) is 0.514. The molecule has 0 aromatic heterocycles. The summed E-state index contributed by atoms with van der Waals surface area (Å²) in [6.07, 6.45) is 5.04. The Labute approximate surface area is 100 Å². The zero-order chi connectivity index (χ0) is 11.9. The molecule has 17 heavy (non-hydrogen) atoms. The molecule has 0 aliphatic heterocycles. The normalized spacial score (nSPS) is 21.0. The molecule has 2 aliphatic carbocycles. The van der Waals surface area contributed by atoms with E-state index in [1.165, 1.54) is 37.8 Å². The van der Waals surface area contributed by atoms with Gasteiger partial charge < -0.3 is 5.32 Å². The van der Waals surface area contributed by atoms with Gasteiger partial charge in [0.1, 0.15) is 5.82 Å². The molecule has 0 bridgehead atoms. The standard InChI is InChI=1S/C14H16FNO/c15-12-4-2-1-3-11(12)13(17)16-9-14(7-8-14)10-5-6-10/h1-4,10H,5-9H2,(H,16,17). The lowest BCUT2D eigenvalue weighted by Crippen LogP contribution is -2.31. The summed E-state index contributed by atoms with van der Waals surface area (Å²) in [6.45, 7) is 0.713. The predicted molar refractivity (Wildman–Crippen MR) is 63.1 cm³/mol. The van der Waals surface area contributed by atoms with Crippen molar-refractivity contribution in [1.29, 1.82) is 0 Å². The summed E-state index contributed by atoms with van der Waals surface area (Å²) in [7, 11) is 0. The number of carbonyl (C=O) groups is 1. The van der Waals surface area contributed by atoms with Gasteiger partial charge in [-0.25, -0.2) is 4.39 Å². The van der Waals surface area contributed by atoms with E-state index < -0.39 is 5.82 Å². The topological polar surface area (TPSA) is 29.1 Å². The zero-order valence-corrected chi connectivity index (χ0v) is 9.71. The largest absolute Gasteiger partial charge is 0.351 e. The molecule has 0 unspecified atom stereocenters. The molecule has 0 radical (unpaired) electrons. The van der Waals surface area contributed by atoms with Crippen LogP contribution in [0.3, 0.4) is 0 Å². The third-order valence-corrected chi connectivity index (χ3v) is 4.06. The molecule has 3 heteroatoms. The molecule has 2 saturated carbocycles.